The number of benzene rings is 1. The van der Waals surface area contributed by atoms with E-state index in [0.29, 0.717) is 18.0 Å². The maximum Gasteiger partial charge on any atom is 0.333 e. The van der Waals surface area contributed by atoms with Crippen molar-refractivity contribution in [3.05, 3.63) is 62.1 Å². The summed E-state index contributed by atoms with van der Waals surface area (Å²) in [6.07, 6.45) is 1.85. The minimum Gasteiger partial charge on any atom is -0.358 e. The molecule has 0 radical (unpaired) electrons. The zero-order valence-electron chi connectivity index (χ0n) is 12.6. The van der Waals surface area contributed by atoms with Crippen LogP contribution in [0.1, 0.15) is 24.1 Å². The van der Waals surface area contributed by atoms with E-state index < -0.39 is 23.3 Å². The van der Waals surface area contributed by atoms with Gasteiger partial charge >= 0.3 is 5.69 Å². The van der Waals surface area contributed by atoms with E-state index in [1.807, 2.05) is 24.3 Å². The van der Waals surface area contributed by atoms with Crippen LogP contribution in [0.5, 0.6) is 0 Å². The molecular formula is C16H14FN3O3S. The first-order valence-electron chi connectivity index (χ1n) is 7.61. The van der Waals surface area contributed by atoms with Gasteiger partial charge in [-0.3, -0.25) is 13.9 Å². The molecule has 1 atom stereocenters. The number of hydrogen-bond donors (Lipinski definition) is 0. The quantitative estimate of drug-likeness (QED) is 0.728. The van der Waals surface area contributed by atoms with E-state index in [1.165, 1.54) is 11.3 Å². The first-order chi connectivity index (χ1) is 11.6. The highest BCUT2D eigenvalue weighted by atomic mass is 32.1. The molecule has 0 aliphatic carbocycles. The number of aromatic nitrogens is 3. The number of thiazole rings is 1. The average molecular weight is 347 g/mol. The largest absolute Gasteiger partial charge is 0.358 e. The van der Waals surface area contributed by atoms with Crippen molar-refractivity contribution in [3.8, 4) is 0 Å². The van der Waals surface area contributed by atoms with Crippen molar-refractivity contribution in [2.45, 2.75) is 25.6 Å². The van der Waals surface area contributed by atoms with Gasteiger partial charge in [0.25, 0.3) is 5.56 Å². The van der Waals surface area contributed by atoms with Crippen LogP contribution < -0.4 is 11.2 Å². The molecule has 1 fully saturated rings. The second-order valence-corrected chi connectivity index (χ2v) is 6.72. The van der Waals surface area contributed by atoms with Gasteiger partial charge in [-0.25, -0.2) is 9.78 Å². The van der Waals surface area contributed by atoms with Crippen molar-refractivity contribution in [2.24, 2.45) is 0 Å². The van der Waals surface area contributed by atoms with Crippen LogP contribution in [-0.4, -0.2) is 20.7 Å². The molecule has 24 heavy (non-hydrogen) atoms. The molecule has 1 aromatic carbocycles. The van der Waals surface area contributed by atoms with Crippen molar-refractivity contribution >= 4 is 21.6 Å². The second-order valence-electron chi connectivity index (χ2n) is 5.60. The summed E-state index contributed by atoms with van der Waals surface area (Å²) >= 11 is 1.38. The molecule has 0 saturated carbocycles. The molecule has 3 heterocycles. The number of fused-ring (bicyclic) bond motifs is 1. The normalized spacial score (nSPS) is 17.6. The number of halogens is 1. The Morgan fingerprint density at radius 3 is 2.92 bits per heavy atom. The lowest BCUT2D eigenvalue weighted by atomic mass is 10.3. The Morgan fingerprint density at radius 2 is 2.17 bits per heavy atom. The molecule has 0 N–H and O–H groups in total. The Bertz CT molecular complexity index is 984. The number of nitrogens with zero attached hydrogens (tertiary/aromatic N) is 3. The first kappa shape index (κ1) is 15.2. The third-order valence-electron chi connectivity index (χ3n) is 4.00. The van der Waals surface area contributed by atoms with E-state index >= 15 is 0 Å². The molecule has 124 valence electrons. The van der Waals surface area contributed by atoms with Crippen LogP contribution in [-0.2, 0) is 11.3 Å². The lowest BCUT2D eigenvalue weighted by molar-refractivity contribution is 0.0504. The third-order valence-corrected chi connectivity index (χ3v) is 5.02. The van der Waals surface area contributed by atoms with Crippen molar-refractivity contribution in [2.75, 3.05) is 6.61 Å². The maximum atomic E-state index is 14.0. The summed E-state index contributed by atoms with van der Waals surface area (Å²) in [6.45, 7) is 0.469. The summed E-state index contributed by atoms with van der Waals surface area (Å²) in [7, 11) is 0. The second kappa shape index (κ2) is 5.95. The molecular weight excluding hydrogens is 333 g/mol. The zero-order chi connectivity index (χ0) is 16.7. The molecule has 1 unspecified atom stereocenters. The Balaban J connectivity index is 1.79. The van der Waals surface area contributed by atoms with Gasteiger partial charge in [-0.05, 0) is 25.0 Å². The van der Waals surface area contributed by atoms with E-state index in [2.05, 4.69) is 4.98 Å². The van der Waals surface area contributed by atoms with Gasteiger partial charge in [0, 0.05) is 6.61 Å². The van der Waals surface area contributed by atoms with Crippen molar-refractivity contribution in [1.29, 1.82) is 0 Å². The molecule has 0 amide bonds. The van der Waals surface area contributed by atoms with Crippen LogP contribution in [0, 0.1) is 5.82 Å². The Labute approximate surface area is 139 Å². The Kier molecular flexibility index (Phi) is 3.78. The van der Waals surface area contributed by atoms with Gasteiger partial charge in [-0.15, -0.1) is 11.3 Å². The minimum absolute atomic E-state index is 0.0541. The molecule has 0 bridgehead atoms. The van der Waals surface area contributed by atoms with Crippen LogP contribution in [0.4, 0.5) is 4.39 Å². The summed E-state index contributed by atoms with van der Waals surface area (Å²) in [5.74, 6) is -0.966. The van der Waals surface area contributed by atoms with Crippen molar-refractivity contribution in [1.82, 2.24) is 14.1 Å². The summed E-state index contributed by atoms with van der Waals surface area (Å²) in [6, 6.07) is 7.53. The molecule has 2 aromatic heterocycles. The molecule has 8 heteroatoms. The molecule has 1 aliphatic heterocycles. The van der Waals surface area contributed by atoms with Gasteiger partial charge in [-0.1, -0.05) is 12.1 Å². The maximum absolute atomic E-state index is 14.0. The number of para-hydroxylation sites is 1. The molecule has 1 saturated heterocycles. The van der Waals surface area contributed by atoms with Crippen molar-refractivity contribution < 1.29 is 9.13 Å². The molecule has 1 aliphatic rings. The molecule has 0 spiro atoms. The number of rotatable bonds is 3. The SMILES string of the molecule is O=c1c(F)cn(C2CCCO2)c(=O)n1Cc1nc2ccccc2s1. The molecule has 6 nitrogen and oxygen atoms in total. The van der Waals surface area contributed by atoms with E-state index in [1.54, 1.807) is 0 Å². The monoisotopic (exact) mass is 347 g/mol. The standard InChI is InChI=1S/C16H14FN3O3S/c17-10-8-19(14-6-3-7-23-14)16(22)20(15(10)21)9-13-18-11-4-1-2-5-12(11)24-13/h1-2,4-5,8,14H,3,6-7,9H2. The Morgan fingerprint density at radius 1 is 1.33 bits per heavy atom. The van der Waals surface area contributed by atoms with Gasteiger partial charge in [0.1, 0.15) is 11.2 Å². The lowest BCUT2D eigenvalue weighted by Gasteiger charge is -2.15. The Hall–Kier alpha value is -2.32. The average Bonchev–Trinajstić information content (AvgIpc) is 3.23. The van der Waals surface area contributed by atoms with Gasteiger partial charge < -0.3 is 4.74 Å². The highest BCUT2D eigenvalue weighted by molar-refractivity contribution is 7.18. The number of hydrogen-bond acceptors (Lipinski definition) is 5. The summed E-state index contributed by atoms with van der Waals surface area (Å²) in [5, 5.41) is 0.583. The van der Waals surface area contributed by atoms with E-state index in [4.69, 9.17) is 4.74 Å². The van der Waals surface area contributed by atoms with Crippen LogP contribution in [0.2, 0.25) is 0 Å². The van der Waals surface area contributed by atoms with E-state index in [-0.39, 0.29) is 6.54 Å². The smallest absolute Gasteiger partial charge is 0.333 e. The fraction of sp³-hybridized carbons (Fsp3) is 0.312. The predicted molar refractivity (Wildman–Crippen MR) is 87.9 cm³/mol. The van der Waals surface area contributed by atoms with Gasteiger partial charge in [0.05, 0.1) is 23.0 Å². The van der Waals surface area contributed by atoms with Crippen LogP contribution in [0.15, 0.2) is 40.1 Å². The highest BCUT2D eigenvalue weighted by Crippen LogP contribution is 2.22. The van der Waals surface area contributed by atoms with Gasteiger partial charge in [0.2, 0.25) is 5.82 Å². The van der Waals surface area contributed by atoms with Crippen LogP contribution in [0.25, 0.3) is 10.2 Å². The van der Waals surface area contributed by atoms with Crippen LogP contribution >= 0.6 is 11.3 Å². The minimum atomic E-state index is -0.966. The van der Waals surface area contributed by atoms with Crippen molar-refractivity contribution in [3.63, 3.8) is 0 Å². The fourth-order valence-corrected chi connectivity index (χ4v) is 3.79. The van der Waals surface area contributed by atoms with Gasteiger partial charge in [-0.2, -0.15) is 4.39 Å². The molecule has 4 rings (SSSR count). The zero-order valence-corrected chi connectivity index (χ0v) is 13.5. The summed E-state index contributed by atoms with van der Waals surface area (Å²) in [5.41, 5.74) is -0.720. The number of ether oxygens (including phenoxy) is 1. The van der Waals surface area contributed by atoms with Crippen LogP contribution in [0.3, 0.4) is 0 Å². The first-order valence-corrected chi connectivity index (χ1v) is 8.42. The predicted octanol–water partition coefficient (Wildman–Crippen LogP) is 2.12. The fourth-order valence-electron chi connectivity index (χ4n) is 2.84. The van der Waals surface area contributed by atoms with E-state index in [0.717, 1.165) is 32.0 Å². The van der Waals surface area contributed by atoms with E-state index in [9.17, 15) is 14.0 Å². The van der Waals surface area contributed by atoms with Gasteiger partial charge in [0.15, 0.2) is 0 Å². The summed E-state index contributed by atoms with van der Waals surface area (Å²) in [4.78, 5) is 29.1. The highest BCUT2D eigenvalue weighted by Gasteiger charge is 2.22. The molecule has 3 aromatic rings. The third kappa shape index (κ3) is 2.57. The summed E-state index contributed by atoms with van der Waals surface area (Å²) < 4.78 is 22.5. The lowest BCUT2D eigenvalue weighted by Crippen LogP contribution is -2.42. The topological polar surface area (TPSA) is 66.1 Å².